The maximum atomic E-state index is 12.1. The Bertz CT molecular complexity index is 746. The van der Waals surface area contributed by atoms with Crippen LogP contribution in [0.15, 0.2) is 48.5 Å². The van der Waals surface area contributed by atoms with Crippen LogP contribution in [0.5, 0.6) is 5.75 Å². The molecule has 0 saturated heterocycles. The molecule has 6 heteroatoms. The Hall–Kier alpha value is -2.86. The Morgan fingerprint density at radius 3 is 2.65 bits per heavy atom. The zero-order valence-corrected chi connectivity index (χ0v) is 15.1. The van der Waals surface area contributed by atoms with Gasteiger partial charge >= 0.3 is 0 Å². The SMILES string of the molecule is CCc1cccc(OCC(=O)Nc2cccc(C(=O)NCCOC)c2)c1. The fourth-order valence-electron chi connectivity index (χ4n) is 2.31. The van der Waals surface area contributed by atoms with E-state index >= 15 is 0 Å². The summed E-state index contributed by atoms with van der Waals surface area (Å²) in [4.78, 5) is 24.1. The van der Waals surface area contributed by atoms with Gasteiger partial charge in [-0.05, 0) is 42.3 Å². The Balaban J connectivity index is 1.88. The van der Waals surface area contributed by atoms with Crippen LogP contribution in [0.4, 0.5) is 5.69 Å². The van der Waals surface area contributed by atoms with E-state index in [1.54, 1.807) is 31.4 Å². The van der Waals surface area contributed by atoms with Crippen LogP contribution in [0.2, 0.25) is 0 Å². The Morgan fingerprint density at radius 2 is 1.88 bits per heavy atom. The maximum Gasteiger partial charge on any atom is 0.262 e. The highest BCUT2D eigenvalue weighted by Crippen LogP contribution is 2.14. The highest BCUT2D eigenvalue weighted by Gasteiger charge is 2.08. The van der Waals surface area contributed by atoms with Crippen LogP contribution >= 0.6 is 0 Å². The first kappa shape index (κ1) is 19.5. The Labute approximate surface area is 153 Å². The van der Waals surface area contributed by atoms with Gasteiger partial charge in [-0.3, -0.25) is 9.59 Å². The first-order valence-electron chi connectivity index (χ1n) is 8.51. The minimum Gasteiger partial charge on any atom is -0.484 e. The lowest BCUT2D eigenvalue weighted by atomic mass is 10.2. The van der Waals surface area contributed by atoms with Crippen LogP contribution in [0.3, 0.4) is 0 Å². The number of rotatable bonds is 9. The van der Waals surface area contributed by atoms with E-state index in [0.29, 0.717) is 30.2 Å². The van der Waals surface area contributed by atoms with E-state index in [1.165, 1.54) is 0 Å². The van der Waals surface area contributed by atoms with E-state index in [2.05, 4.69) is 17.6 Å². The average molecular weight is 356 g/mol. The summed E-state index contributed by atoms with van der Waals surface area (Å²) in [7, 11) is 1.57. The molecule has 0 atom stereocenters. The van der Waals surface area contributed by atoms with Crippen molar-refractivity contribution in [2.45, 2.75) is 13.3 Å². The summed E-state index contributed by atoms with van der Waals surface area (Å²) in [6.07, 6.45) is 0.905. The summed E-state index contributed by atoms with van der Waals surface area (Å²) in [6, 6.07) is 14.4. The third kappa shape index (κ3) is 6.22. The molecule has 2 rings (SSSR count). The van der Waals surface area contributed by atoms with Gasteiger partial charge in [0.05, 0.1) is 6.61 Å². The third-order valence-corrected chi connectivity index (χ3v) is 3.68. The van der Waals surface area contributed by atoms with Crippen molar-refractivity contribution in [3.8, 4) is 5.75 Å². The molecule has 0 aliphatic heterocycles. The Kier molecular flexibility index (Phi) is 7.64. The predicted molar refractivity (Wildman–Crippen MR) is 101 cm³/mol. The number of anilines is 1. The summed E-state index contributed by atoms with van der Waals surface area (Å²) in [5, 5.41) is 5.47. The summed E-state index contributed by atoms with van der Waals surface area (Å²) in [5.41, 5.74) is 2.16. The number of benzene rings is 2. The number of aryl methyl sites for hydroxylation is 1. The van der Waals surface area contributed by atoms with Crippen LogP contribution in [0.1, 0.15) is 22.8 Å². The second-order valence-corrected chi connectivity index (χ2v) is 5.67. The molecule has 0 fully saturated rings. The molecule has 0 radical (unpaired) electrons. The van der Waals surface area contributed by atoms with E-state index in [9.17, 15) is 9.59 Å². The maximum absolute atomic E-state index is 12.1. The van der Waals surface area contributed by atoms with Crippen molar-refractivity contribution in [1.82, 2.24) is 5.32 Å². The van der Waals surface area contributed by atoms with Crippen LogP contribution in [-0.2, 0) is 16.0 Å². The summed E-state index contributed by atoms with van der Waals surface area (Å²) >= 11 is 0. The molecule has 138 valence electrons. The molecular formula is C20H24N2O4. The fourth-order valence-corrected chi connectivity index (χ4v) is 2.31. The minimum atomic E-state index is -0.288. The lowest BCUT2D eigenvalue weighted by Crippen LogP contribution is -2.27. The van der Waals surface area contributed by atoms with E-state index < -0.39 is 0 Å². The molecule has 0 aromatic heterocycles. The molecule has 0 spiro atoms. The zero-order valence-electron chi connectivity index (χ0n) is 15.1. The molecule has 0 saturated carbocycles. The van der Waals surface area contributed by atoms with Gasteiger partial charge in [0.2, 0.25) is 0 Å². The van der Waals surface area contributed by atoms with Gasteiger partial charge < -0.3 is 20.1 Å². The molecule has 2 amide bonds. The second kappa shape index (κ2) is 10.2. The first-order valence-corrected chi connectivity index (χ1v) is 8.51. The lowest BCUT2D eigenvalue weighted by molar-refractivity contribution is -0.118. The van der Waals surface area contributed by atoms with Crippen molar-refractivity contribution >= 4 is 17.5 Å². The van der Waals surface area contributed by atoms with Gasteiger partial charge in [0.25, 0.3) is 11.8 Å². The quantitative estimate of drug-likeness (QED) is 0.677. The molecule has 0 unspecified atom stereocenters. The highest BCUT2D eigenvalue weighted by atomic mass is 16.5. The first-order chi connectivity index (χ1) is 12.6. The van der Waals surface area contributed by atoms with Gasteiger partial charge in [0, 0.05) is 24.9 Å². The van der Waals surface area contributed by atoms with Crippen molar-refractivity contribution < 1.29 is 19.1 Å². The molecule has 0 heterocycles. The van der Waals surface area contributed by atoms with Gasteiger partial charge in [0.15, 0.2) is 6.61 Å². The van der Waals surface area contributed by atoms with Gasteiger partial charge in [-0.15, -0.1) is 0 Å². The van der Waals surface area contributed by atoms with Gasteiger partial charge in [-0.2, -0.15) is 0 Å². The molecule has 6 nitrogen and oxygen atoms in total. The number of ether oxygens (including phenoxy) is 2. The normalized spacial score (nSPS) is 10.2. The number of methoxy groups -OCH3 is 1. The van der Waals surface area contributed by atoms with Gasteiger partial charge in [-0.25, -0.2) is 0 Å². The number of amides is 2. The predicted octanol–water partition coefficient (Wildman–Crippen LogP) is 2.64. The van der Waals surface area contributed by atoms with Crippen molar-refractivity contribution in [3.63, 3.8) is 0 Å². The number of carbonyl (C=O) groups excluding carboxylic acids is 2. The largest absolute Gasteiger partial charge is 0.484 e. The van der Waals surface area contributed by atoms with E-state index in [1.807, 2.05) is 24.3 Å². The highest BCUT2D eigenvalue weighted by molar-refractivity contribution is 5.97. The van der Waals surface area contributed by atoms with Gasteiger partial charge in [-0.1, -0.05) is 25.1 Å². The van der Waals surface area contributed by atoms with E-state index in [4.69, 9.17) is 9.47 Å². The van der Waals surface area contributed by atoms with Crippen LogP contribution in [-0.4, -0.2) is 38.7 Å². The van der Waals surface area contributed by atoms with Crippen LogP contribution < -0.4 is 15.4 Å². The molecule has 0 aliphatic rings. The number of hydrogen-bond donors (Lipinski definition) is 2. The fraction of sp³-hybridized carbons (Fsp3) is 0.300. The molecule has 2 aromatic rings. The van der Waals surface area contributed by atoms with Crippen molar-refractivity contribution in [2.24, 2.45) is 0 Å². The summed E-state index contributed by atoms with van der Waals surface area (Å²) in [6.45, 7) is 2.83. The number of carbonyl (C=O) groups is 2. The summed E-state index contributed by atoms with van der Waals surface area (Å²) < 4.78 is 10.4. The van der Waals surface area contributed by atoms with E-state index in [0.717, 1.165) is 12.0 Å². The number of nitrogens with one attached hydrogen (secondary N) is 2. The van der Waals surface area contributed by atoms with Crippen LogP contribution in [0.25, 0.3) is 0 Å². The molecule has 2 aromatic carbocycles. The van der Waals surface area contributed by atoms with Gasteiger partial charge in [0.1, 0.15) is 5.75 Å². The van der Waals surface area contributed by atoms with Crippen molar-refractivity contribution in [2.75, 3.05) is 32.2 Å². The second-order valence-electron chi connectivity index (χ2n) is 5.67. The lowest BCUT2D eigenvalue weighted by Gasteiger charge is -2.10. The topological polar surface area (TPSA) is 76.7 Å². The average Bonchev–Trinajstić information content (AvgIpc) is 2.67. The molecule has 0 bridgehead atoms. The zero-order chi connectivity index (χ0) is 18.8. The molecule has 0 aliphatic carbocycles. The number of hydrogen-bond acceptors (Lipinski definition) is 4. The third-order valence-electron chi connectivity index (χ3n) is 3.68. The smallest absolute Gasteiger partial charge is 0.262 e. The molecular weight excluding hydrogens is 332 g/mol. The molecule has 2 N–H and O–H groups in total. The van der Waals surface area contributed by atoms with Crippen molar-refractivity contribution in [1.29, 1.82) is 0 Å². The monoisotopic (exact) mass is 356 g/mol. The van der Waals surface area contributed by atoms with E-state index in [-0.39, 0.29) is 18.4 Å². The Morgan fingerprint density at radius 1 is 1.08 bits per heavy atom. The minimum absolute atomic E-state index is 0.0998. The van der Waals surface area contributed by atoms with Crippen LogP contribution in [0, 0.1) is 0 Å². The molecule has 26 heavy (non-hydrogen) atoms. The summed E-state index contributed by atoms with van der Waals surface area (Å²) in [5.74, 6) is 0.153. The van der Waals surface area contributed by atoms with Crippen molar-refractivity contribution in [3.05, 3.63) is 59.7 Å². The standard InChI is InChI=1S/C20H24N2O4/c1-3-15-6-4-9-18(12-15)26-14-19(23)22-17-8-5-7-16(13-17)20(24)21-10-11-25-2/h4-9,12-13H,3,10-11,14H2,1-2H3,(H,21,24)(H,22,23).